The Morgan fingerprint density at radius 1 is 1.31 bits per heavy atom. The summed E-state index contributed by atoms with van der Waals surface area (Å²) in [5.74, 6) is -1.72. The number of nitrogens with one attached hydrogen (secondary N) is 1. The number of aliphatic carboxylic acids is 1. The highest BCUT2D eigenvalue weighted by atomic mass is 16.4. The Kier molecular flexibility index (Phi) is 4.26. The minimum atomic E-state index is -1.57. The molecule has 0 saturated heterocycles. The standard InChI is InChI=1S/C10H18N2O4/c11-10(4-2-1-3-5-10)9(16)12-6-7(13)8(14)15/h7,13H,1-6,11H2,(H,12,16)(H,14,15). The number of nitrogens with two attached hydrogens (primary N) is 1. The first-order valence-electron chi connectivity index (χ1n) is 5.44. The molecule has 6 nitrogen and oxygen atoms in total. The van der Waals surface area contributed by atoms with E-state index in [0.29, 0.717) is 12.8 Å². The zero-order chi connectivity index (χ0) is 12.2. The summed E-state index contributed by atoms with van der Waals surface area (Å²) >= 11 is 0. The SMILES string of the molecule is NC1(C(=O)NCC(O)C(=O)O)CCCCC1. The van der Waals surface area contributed by atoms with Crippen LogP contribution in [0.3, 0.4) is 0 Å². The van der Waals surface area contributed by atoms with Crippen molar-refractivity contribution in [2.45, 2.75) is 43.7 Å². The molecular formula is C10H18N2O4. The lowest BCUT2D eigenvalue weighted by molar-refractivity contribution is -0.146. The molecule has 5 N–H and O–H groups in total. The molecule has 6 heteroatoms. The van der Waals surface area contributed by atoms with Crippen molar-refractivity contribution in [3.05, 3.63) is 0 Å². The van der Waals surface area contributed by atoms with Crippen molar-refractivity contribution in [3.63, 3.8) is 0 Å². The average molecular weight is 230 g/mol. The van der Waals surface area contributed by atoms with Gasteiger partial charge >= 0.3 is 5.97 Å². The minimum absolute atomic E-state index is 0.298. The summed E-state index contributed by atoms with van der Waals surface area (Å²) in [6, 6.07) is 0. The van der Waals surface area contributed by atoms with E-state index in [0.717, 1.165) is 19.3 Å². The maximum atomic E-state index is 11.7. The number of carbonyl (C=O) groups excluding carboxylic acids is 1. The third kappa shape index (κ3) is 3.18. The van der Waals surface area contributed by atoms with Crippen molar-refractivity contribution in [1.82, 2.24) is 5.32 Å². The van der Waals surface area contributed by atoms with Crippen LogP contribution >= 0.6 is 0 Å². The highest BCUT2D eigenvalue weighted by Gasteiger charge is 2.35. The van der Waals surface area contributed by atoms with E-state index in [2.05, 4.69) is 5.32 Å². The predicted octanol–water partition coefficient (Wildman–Crippen LogP) is -0.790. The van der Waals surface area contributed by atoms with Gasteiger partial charge in [-0.3, -0.25) is 4.79 Å². The molecule has 1 aliphatic rings. The van der Waals surface area contributed by atoms with Crippen molar-refractivity contribution in [2.75, 3.05) is 6.54 Å². The molecule has 1 saturated carbocycles. The number of amides is 1. The van der Waals surface area contributed by atoms with Gasteiger partial charge in [0.1, 0.15) is 0 Å². The molecule has 1 atom stereocenters. The van der Waals surface area contributed by atoms with E-state index in [4.69, 9.17) is 15.9 Å². The van der Waals surface area contributed by atoms with Crippen LogP contribution < -0.4 is 11.1 Å². The molecule has 1 fully saturated rings. The fourth-order valence-electron chi connectivity index (χ4n) is 1.86. The van der Waals surface area contributed by atoms with Gasteiger partial charge in [-0.25, -0.2) is 4.79 Å². The second-order valence-electron chi connectivity index (χ2n) is 4.28. The van der Waals surface area contributed by atoms with E-state index in [1.54, 1.807) is 0 Å². The van der Waals surface area contributed by atoms with Gasteiger partial charge in [0, 0.05) is 0 Å². The highest BCUT2D eigenvalue weighted by Crippen LogP contribution is 2.25. The summed E-state index contributed by atoms with van der Waals surface area (Å²) in [6.45, 7) is -0.298. The molecule has 16 heavy (non-hydrogen) atoms. The van der Waals surface area contributed by atoms with E-state index < -0.39 is 17.6 Å². The van der Waals surface area contributed by atoms with Crippen molar-refractivity contribution in [3.8, 4) is 0 Å². The number of aliphatic hydroxyl groups is 1. The Morgan fingerprint density at radius 2 is 1.88 bits per heavy atom. The number of carbonyl (C=O) groups is 2. The number of rotatable bonds is 4. The van der Waals surface area contributed by atoms with E-state index in [1.807, 2.05) is 0 Å². The fourth-order valence-corrected chi connectivity index (χ4v) is 1.86. The first-order chi connectivity index (χ1) is 7.46. The van der Waals surface area contributed by atoms with Crippen LogP contribution in [0.25, 0.3) is 0 Å². The van der Waals surface area contributed by atoms with Crippen molar-refractivity contribution < 1.29 is 19.8 Å². The first-order valence-corrected chi connectivity index (χ1v) is 5.44. The van der Waals surface area contributed by atoms with Gasteiger partial charge in [0.05, 0.1) is 12.1 Å². The molecule has 0 aromatic heterocycles. The molecule has 1 aliphatic carbocycles. The molecule has 0 bridgehead atoms. The van der Waals surface area contributed by atoms with E-state index in [-0.39, 0.29) is 12.5 Å². The Balaban J connectivity index is 2.42. The van der Waals surface area contributed by atoms with Gasteiger partial charge in [-0.2, -0.15) is 0 Å². The average Bonchev–Trinajstić information content (AvgIpc) is 2.26. The van der Waals surface area contributed by atoms with Crippen LogP contribution in [-0.2, 0) is 9.59 Å². The maximum Gasteiger partial charge on any atom is 0.334 e. The molecule has 0 aromatic carbocycles. The first kappa shape index (κ1) is 12.9. The second kappa shape index (κ2) is 5.27. The number of hydrogen-bond acceptors (Lipinski definition) is 4. The molecule has 1 amide bonds. The third-order valence-corrected chi connectivity index (χ3v) is 2.94. The molecule has 0 aromatic rings. The lowest BCUT2D eigenvalue weighted by Crippen LogP contribution is -2.56. The van der Waals surface area contributed by atoms with Crippen LogP contribution in [0, 0.1) is 0 Å². The number of carboxylic acid groups (broad SMARTS) is 1. The van der Waals surface area contributed by atoms with Gasteiger partial charge in [-0.15, -0.1) is 0 Å². The Morgan fingerprint density at radius 3 is 2.38 bits per heavy atom. The monoisotopic (exact) mass is 230 g/mol. The van der Waals surface area contributed by atoms with Crippen LogP contribution in [0.15, 0.2) is 0 Å². The summed E-state index contributed by atoms with van der Waals surface area (Å²) < 4.78 is 0. The zero-order valence-corrected chi connectivity index (χ0v) is 9.11. The maximum absolute atomic E-state index is 11.7. The fraction of sp³-hybridized carbons (Fsp3) is 0.800. The summed E-state index contributed by atoms with van der Waals surface area (Å²) in [7, 11) is 0. The van der Waals surface area contributed by atoms with Gasteiger partial charge in [-0.1, -0.05) is 19.3 Å². The van der Waals surface area contributed by atoms with Gasteiger partial charge < -0.3 is 21.3 Å². The van der Waals surface area contributed by atoms with Crippen molar-refractivity contribution >= 4 is 11.9 Å². The number of aliphatic hydroxyl groups excluding tert-OH is 1. The Labute approximate surface area is 93.8 Å². The summed E-state index contributed by atoms with van der Waals surface area (Å²) in [5, 5.41) is 19.8. The van der Waals surface area contributed by atoms with Crippen LogP contribution in [0.2, 0.25) is 0 Å². The molecule has 0 aliphatic heterocycles. The van der Waals surface area contributed by atoms with Gasteiger partial charge in [-0.05, 0) is 12.8 Å². The van der Waals surface area contributed by atoms with Gasteiger partial charge in [0.25, 0.3) is 0 Å². The highest BCUT2D eigenvalue weighted by molar-refractivity contribution is 5.86. The third-order valence-electron chi connectivity index (χ3n) is 2.94. The normalized spacial score (nSPS) is 21.1. The topological polar surface area (TPSA) is 113 Å². The van der Waals surface area contributed by atoms with E-state index in [9.17, 15) is 9.59 Å². The zero-order valence-electron chi connectivity index (χ0n) is 9.11. The lowest BCUT2D eigenvalue weighted by atomic mass is 9.82. The lowest BCUT2D eigenvalue weighted by Gasteiger charge is -2.31. The van der Waals surface area contributed by atoms with E-state index in [1.165, 1.54) is 0 Å². The molecule has 92 valence electrons. The smallest absolute Gasteiger partial charge is 0.334 e. The van der Waals surface area contributed by atoms with Crippen LogP contribution in [0.5, 0.6) is 0 Å². The molecular weight excluding hydrogens is 212 g/mol. The van der Waals surface area contributed by atoms with Crippen LogP contribution in [0.4, 0.5) is 0 Å². The van der Waals surface area contributed by atoms with Crippen LogP contribution in [0.1, 0.15) is 32.1 Å². The molecule has 1 rings (SSSR count). The molecule has 0 spiro atoms. The van der Waals surface area contributed by atoms with Crippen molar-refractivity contribution in [1.29, 1.82) is 0 Å². The van der Waals surface area contributed by atoms with Gasteiger partial charge in [0.2, 0.25) is 5.91 Å². The van der Waals surface area contributed by atoms with Gasteiger partial charge in [0.15, 0.2) is 6.10 Å². The van der Waals surface area contributed by atoms with Crippen LogP contribution in [-0.4, -0.2) is 40.3 Å². The summed E-state index contributed by atoms with van der Waals surface area (Å²) in [6.07, 6.45) is 2.54. The molecule has 0 radical (unpaired) electrons. The summed E-state index contributed by atoms with van der Waals surface area (Å²) in [4.78, 5) is 22.0. The molecule has 1 unspecified atom stereocenters. The quantitative estimate of drug-likeness (QED) is 0.505. The number of carboxylic acids is 1. The Bertz CT molecular complexity index is 274. The Hall–Kier alpha value is -1.14. The largest absolute Gasteiger partial charge is 0.479 e. The second-order valence-corrected chi connectivity index (χ2v) is 4.28. The van der Waals surface area contributed by atoms with Crippen molar-refractivity contribution in [2.24, 2.45) is 5.73 Å². The minimum Gasteiger partial charge on any atom is -0.479 e. The summed E-state index contributed by atoms with van der Waals surface area (Å²) in [5.41, 5.74) is 5.03. The van der Waals surface area contributed by atoms with E-state index >= 15 is 0 Å². The number of hydrogen-bond donors (Lipinski definition) is 4. The molecule has 0 heterocycles. The predicted molar refractivity (Wildman–Crippen MR) is 56.7 cm³/mol.